The molecule has 0 spiro atoms. The number of nitrogens with one attached hydrogen (secondary N) is 1. The van der Waals surface area contributed by atoms with Gasteiger partial charge in [-0.2, -0.15) is 0 Å². The van der Waals surface area contributed by atoms with Crippen molar-refractivity contribution in [1.82, 2.24) is 19.9 Å². The molecule has 2 aromatic carbocycles. The molecule has 0 aliphatic heterocycles. The van der Waals surface area contributed by atoms with E-state index in [9.17, 15) is 0 Å². The van der Waals surface area contributed by atoms with Gasteiger partial charge < -0.3 is 10.7 Å². The molecule has 26 heavy (non-hydrogen) atoms. The fourth-order valence-electron chi connectivity index (χ4n) is 3.27. The average molecular weight is 337 g/mol. The minimum absolute atomic E-state index is 0.470. The van der Waals surface area contributed by atoms with Crippen molar-refractivity contribution in [3.63, 3.8) is 0 Å². The van der Waals surface area contributed by atoms with E-state index in [2.05, 4.69) is 57.4 Å². The lowest BCUT2D eigenvalue weighted by atomic mass is 10.0. The second-order valence-electron chi connectivity index (χ2n) is 6.15. The molecule has 0 amide bonds. The van der Waals surface area contributed by atoms with Gasteiger partial charge in [0.15, 0.2) is 0 Å². The minimum Gasteiger partial charge on any atom is -0.383 e. The molecule has 0 fully saturated rings. The van der Waals surface area contributed by atoms with Gasteiger partial charge >= 0.3 is 0 Å². The standard InChI is InChI=1S/C21H15N5/c22-20-19-16(11-23-21(19)25-12-24-20)15-7-6-14-8-9-17(26-18(14)10-15)13-4-2-1-3-5-13/h1-12H,(H3,22,23,24,25). The van der Waals surface area contributed by atoms with E-state index in [0.717, 1.165) is 44.3 Å². The van der Waals surface area contributed by atoms with Crippen LogP contribution in [0.15, 0.2) is 73.2 Å². The normalized spacial score (nSPS) is 11.2. The lowest BCUT2D eigenvalue weighted by Gasteiger charge is -2.06. The highest BCUT2D eigenvalue weighted by Gasteiger charge is 2.12. The van der Waals surface area contributed by atoms with Gasteiger partial charge in [0.1, 0.15) is 17.8 Å². The Morgan fingerprint density at radius 3 is 2.58 bits per heavy atom. The smallest absolute Gasteiger partial charge is 0.143 e. The zero-order chi connectivity index (χ0) is 17.5. The molecule has 0 aliphatic carbocycles. The van der Waals surface area contributed by atoms with Gasteiger partial charge in [-0.15, -0.1) is 0 Å². The number of aromatic amines is 1. The van der Waals surface area contributed by atoms with Crippen molar-refractivity contribution in [2.24, 2.45) is 0 Å². The molecule has 0 saturated carbocycles. The fraction of sp³-hybridized carbons (Fsp3) is 0. The Bertz CT molecular complexity index is 1240. The van der Waals surface area contributed by atoms with E-state index in [-0.39, 0.29) is 0 Å². The highest BCUT2D eigenvalue weighted by atomic mass is 15.0. The lowest BCUT2D eigenvalue weighted by molar-refractivity contribution is 1.21. The van der Waals surface area contributed by atoms with Gasteiger partial charge in [-0.25, -0.2) is 15.0 Å². The number of hydrogen-bond donors (Lipinski definition) is 2. The van der Waals surface area contributed by atoms with Crippen molar-refractivity contribution in [3.8, 4) is 22.4 Å². The van der Waals surface area contributed by atoms with Gasteiger partial charge in [0.25, 0.3) is 0 Å². The molecule has 3 aromatic heterocycles. The lowest BCUT2D eigenvalue weighted by Crippen LogP contribution is -1.92. The molecular formula is C21H15N5. The molecule has 0 bridgehead atoms. The van der Waals surface area contributed by atoms with Gasteiger partial charge in [-0.1, -0.05) is 48.5 Å². The van der Waals surface area contributed by atoms with E-state index in [1.807, 2.05) is 24.4 Å². The summed E-state index contributed by atoms with van der Waals surface area (Å²) in [6.45, 7) is 0. The summed E-state index contributed by atoms with van der Waals surface area (Å²) in [7, 11) is 0. The summed E-state index contributed by atoms with van der Waals surface area (Å²) in [5.41, 5.74) is 11.8. The second-order valence-corrected chi connectivity index (χ2v) is 6.15. The van der Waals surface area contributed by atoms with Crippen molar-refractivity contribution < 1.29 is 0 Å². The molecule has 5 aromatic rings. The highest BCUT2D eigenvalue weighted by molar-refractivity contribution is 6.01. The molecule has 0 atom stereocenters. The quantitative estimate of drug-likeness (QED) is 0.499. The maximum atomic E-state index is 6.06. The van der Waals surface area contributed by atoms with Gasteiger partial charge in [-0.3, -0.25) is 0 Å². The van der Waals surface area contributed by atoms with Crippen molar-refractivity contribution in [2.45, 2.75) is 0 Å². The zero-order valence-corrected chi connectivity index (χ0v) is 13.8. The Kier molecular flexibility index (Phi) is 3.18. The molecule has 0 radical (unpaired) electrons. The number of H-pyrrole nitrogens is 1. The Hall–Kier alpha value is -3.73. The maximum absolute atomic E-state index is 6.06. The van der Waals surface area contributed by atoms with Crippen molar-refractivity contribution in [3.05, 3.63) is 73.2 Å². The third-order valence-corrected chi connectivity index (χ3v) is 4.57. The monoisotopic (exact) mass is 337 g/mol. The van der Waals surface area contributed by atoms with Crippen molar-refractivity contribution >= 4 is 27.8 Å². The summed E-state index contributed by atoms with van der Waals surface area (Å²) in [5, 5.41) is 1.93. The third kappa shape index (κ3) is 2.29. The van der Waals surface area contributed by atoms with E-state index in [4.69, 9.17) is 10.7 Å². The van der Waals surface area contributed by atoms with Crippen LogP contribution in [0.3, 0.4) is 0 Å². The summed E-state index contributed by atoms with van der Waals surface area (Å²) in [6.07, 6.45) is 3.38. The molecule has 5 nitrogen and oxygen atoms in total. The second kappa shape index (κ2) is 5.67. The van der Waals surface area contributed by atoms with Crippen LogP contribution in [-0.4, -0.2) is 19.9 Å². The number of nitrogen functional groups attached to an aromatic ring is 1. The topological polar surface area (TPSA) is 80.5 Å². The number of benzene rings is 2. The molecule has 3 N–H and O–H groups in total. The predicted octanol–water partition coefficient (Wildman–Crippen LogP) is 4.42. The molecule has 124 valence electrons. The number of pyridine rings is 1. The molecular weight excluding hydrogens is 322 g/mol. The van der Waals surface area contributed by atoms with Crippen LogP contribution in [0.25, 0.3) is 44.3 Å². The van der Waals surface area contributed by atoms with E-state index in [0.29, 0.717) is 5.82 Å². The van der Waals surface area contributed by atoms with Crippen LogP contribution in [0.1, 0.15) is 0 Å². The van der Waals surface area contributed by atoms with Crippen LogP contribution in [0.5, 0.6) is 0 Å². The van der Waals surface area contributed by atoms with Crippen LogP contribution in [0.4, 0.5) is 5.82 Å². The largest absolute Gasteiger partial charge is 0.383 e. The first kappa shape index (κ1) is 14.6. The van der Waals surface area contributed by atoms with E-state index >= 15 is 0 Å². The maximum Gasteiger partial charge on any atom is 0.143 e. The first-order valence-electron chi connectivity index (χ1n) is 8.34. The highest BCUT2D eigenvalue weighted by Crippen LogP contribution is 2.32. The number of nitrogens with zero attached hydrogens (tertiary/aromatic N) is 3. The summed E-state index contributed by atoms with van der Waals surface area (Å²) in [6, 6.07) is 20.6. The predicted molar refractivity (Wildman–Crippen MR) is 104 cm³/mol. The number of fused-ring (bicyclic) bond motifs is 2. The van der Waals surface area contributed by atoms with E-state index in [1.54, 1.807) is 0 Å². The Balaban J connectivity index is 1.69. The molecule has 0 unspecified atom stereocenters. The molecule has 5 heteroatoms. The number of hydrogen-bond acceptors (Lipinski definition) is 4. The first-order chi connectivity index (χ1) is 12.8. The fourth-order valence-corrected chi connectivity index (χ4v) is 3.27. The number of rotatable bonds is 2. The van der Waals surface area contributed by atoms with E-state index < -0.39 is 0 Å². The summed E-state index contributed by atoms with van der Waals surface area (Å²) < 4.78 is 0. The number of aromatic nitrogens is 4. The van der Waals surface area contributed by atoms with E-state index in [1.165, 1.54) is 6.33 Å². The minimum atomic E-state index is 0.470. The molecule has 3 heterocycles. The SMILES string of the molecule is Nc1ncnc2[nH]cc(-c3ccc4ccc(-c5ccccc5)nc4c3)c12. The Morgan fingerprint density at radius 1 is 0.846 bits per heavy atom. The molecule has 5 rings (SSSR count). The average Bonchev–Trinajstić information content (AvgIpc) is 3.13. The van der Waals surface area contributed by atoms with Crippen LogP contribution in [0.2, 0.25) is 0 Å². The van der Waals surface area contributed by atoms with Crippen LogP contribution < -0.4 is 5.73 Å². The molecule has 0 saturated heterocycles. The summed E-state index contributed by atoms with van der Waals surface area (Å²) in [4.78, 5) is 16.4. The summed E-state index contributed by atoms with van der Waals surface area (Å²) in [5.74, 6) is 0.470. The van der Waals surface area contributed by atoms with Gasteiger partial charge in [-0.05, 0) is 17.7 Å². The molecule has 0 aliphatic rings. The summed E-state index contributed by atoms with van der Waals surface area (Å²) >= 11 is 0. The number of anilines is 1. The Morgan fingerprint density at radius 2 is 1.69 bits per heavy atom. The zero-order valence-electron chi connectivity index (χ0n) is 13.8. The van der Waals surface area contributed by atoms with Gasteiger partial charge in [0.05, 0.1) is 16.6 Å². The van der Waals surface area contributed by atoms with Gasteiger partial charge in [0, 0.05) is 22.7 Å². The van der Waals surface area contributed by atoms with Gasteiger partial charge in [0.2, 0.25) is 0 Å². The number of nitrogens with two attached hydrogens (primary N) is 1. The Labute approximate surface area is 149 Å². The van der Waals surface area contributed by atoms with Crippen LogP contribution in [-0.2, 0) is 0 Å². The van der Waals surface area contributed by atoms with Crippen LogP contribution in [0, 0.1) is 0 Å². The third-order valence-electron chi connectivity index (χ3n) is 4.57. The van der Waals surface area contributed by atoms with Crippen molar-refractivity contribution in [2.75, 3.05) is 5.73 Å². The van der Waals surface area contributed by atoms with Crippen LogP contribution >= 0.6 is 0 Å². The van der Waals surface area contributed by atoms with Crippen molar-refractivity contribution in [1.29, 1.82) is 0 Å². The first-order valence-corrected chi connectivity index (χ1v) is 8.34.